The first-order chi connectivity index (χ1) is 7.16. The minimum Gasteiger partial charge on any atom is -0.388 e. The van der Waals surface area contributed by atoms with Gasteiger partial charge in [0.15, 0.2) is 0 Å². The van der Waals surface area contributed by atoms with Crippen LogP contribution in [0.5, 0.6) is 0 Å². The molecule has 0 saturated carbocycles. The highest BCUT2D eigenvalue weighted by molar-refractivity contribution is 9.10. The molecular formula is C11H14BrNO2. The molecule has 0 bridgehead atoms. The molecule has 0 amide bonds. The smallest absolute Gasteiger partial charge is 0.0996 e. The molecule has 4 heteroatoms. The topological polar surface area (TPSA) is 41.5 Å². The van der Waals surface area contributed by atoms with E-state index in [0.29, 0.717) is 13.2 Å². The Morgan fingerprint density at radius 3 is 2.93 bits per heavy atom. The molecule has 1 heterocycles. The number of nitrogens with one attached hydrogen (secondary N) is 1. The number of anilines is 1. The van der Waals surface area contributed by atoms with E-state index in [0.717, 1.165) is 10.2 Å². The van der Waals surface area contributed by atoms with Crippen LogP contribution in [0.15, 0.2) is 22.7 Å². The average Bonchev–Trinajstić information content (AvgIpc) is 2.58. The first-order valence-electron chi connectivity index (χ1n) is 4.95. The van der Waals surface area contributed by atoms with Gasteiger partial charge in [0.25, 0.3) is 0 Å². The third kappa shape index (κ3) is 2.51. The Bertz CT molecular complexity index is 356. The van der Waals surface area contributed by atoms with Crippen LogP contribution in [0, 0.1) is 6.92 Å². The Labute approximate surface area is 97.6 Å². The van der Waals surface area contributed by atoms with E-state index >= 15 is 0 Å². The van der Waals surface area contributed by atoms with Crippen molar-refractivity contribution < 1.29 is 9.84 Å². The van der Waals surface area contributed by atoms with Gasteiger partial charge in [0.1, 0.15) is 0 Å². The summed E-state index contributed by atoms with van der Waals surface area (Å²) in [5.74, 6) is 0. The Balaban J connectivity index is 2.12. The Morgan fingerprint density at radius 1 is 1.47 bits per heavy atom. The van der Waals surface area contributed by atoms with Crippen molar-refractivity contribution >= 4 is 21.6 Å². The Hall–Kier alpha value is -0.580. The first-order valence-corrected chi connectivity index (χ1v) is 5.74. The van der Waals surface area contributed by atoms with Gasteiger partial charge in [0, 0.05) is 10.2 Å². The number of aryl methyl sites for hydroxylation is 1. The van der Waals surface area contributed by atoms with E-state index in [1.807, 2.05) is 19.1 Å². The zero-order valence-electron chi connectivity index (χ0n) is 8.53. The van der Waals surface area contributed by atoms with E-state index in [4.69, 9.17) is 4.74 Å². The summed E-state index contributed by atoms with van der Waals surface area (Å²) in [5, 5.41) is 12.9. The predicted molar refractivity (Wildman–Crippen MR) is 63.1 cm³/mol. The normalized spacial score (nSPS) is 25.5. The van der Waals surface area contributed by atoms with Crippen LogP contribution in [0.1, 0.15) is 5.56 Å². The van der Waals surface area contributed by atoms with Crippen LogP contribution in [-0.2, 0) is 4.74 Å². The van der Waals surface area contributed by atoms with Crippen molar-refractivity contribution in [2.75, 3.05) is 18.5 Å². The van der Waals surface area contributed by atoms with Gasteiger partial charge < -0.3 is 15.2 Å². The molecule has 1 aromatic carbocycles. The fourth-order valence-corrected chi connectivity index (χ4v) is 1.99. The number of aliphatic hydroxyl groups excluding tert-OH is 1. The van der Waals surface area contributed by atoms with Gasteiger partial charge in [-0.05, 0) is 40.5 Å². The van der Waals surface area contributed by atoms with Crippen molar-refractivity contribution in [1.29, 1.82) is 0 Å². The molecule has 1 fully saturated rings. The number of ether oxygens (including phenoxy) is 1. The summed E-state index contributed by atoms with van der Waals surface area (Å²) < 4.78 is 6.19. The second kappa shape index (κ2) is 4.51. The lowest BCUT2D eigenvalue weighted by Gasteiger charge is -2.17. The number of benzene rings is 1. The molecule has 2 atom stereocenters. The lowest BCUT2D eigenvalue weighted by atomic mass is 10.1. The minimum absolute atomic E-state index is 0.0110. The molecule has 1 aliphatic rings. The molecule has 1 aliphatic heterocycles. The van der Waals surface area contributed by atoms with Crippen molar-refractivity contribution in [1.82, 2.24) is 0 Å². The van der Waals surface area contributed by atoms with E-state index in [-0.39, 0.29) is 6.04 Å². The molecule has 15 heavy (non-hydrogen) atoms. The average molecular weight is 272 g/mol. The van der Waals surface area contributed by atoms with Gasteiger partial charge in [0.2, 0.25) is 0 Å². The lowest BCUT2D eigenvalue weighted by molar-refractivity contribution is 0.125. The predicted octanol–water partition coefficient (Wildman–Crippen LogP) is 1.93. The summed E-state index contributed by atoms with van der Waals surface area (Å²) in [6, 6.07) is 6.08. The molecule has 82 valence electrons. The summed E-state index contributed by atoms with van der Waals surface area (Å²) >= 11 is 3.47. The zero-order valence-corrected chi connectivity index (χ0v) is 10.1. The van der Waals surface area contributed by atoms with E-state index in [2.05, 4.69) is 27.3 Å². The van der Waals surface area contributed by atoms with Crippen molar-refractivity contribution in [3.05, 3.63) is 28.2 Å². The van der Waals surface area contributed by atoms with Gasteiger partial charge in [-0.2, -0.15) is 0 Å². The van der Waals surface area contributed by atoms with Crippen LogP contribution in [0.25, 0.3) is 0 Å². The SMILES string of the molecule is Cc1ccc(Br)c(NC2COCC2O)c1. The number of hydrogen-bond acceptors (Lipinski definition) is 3. The summed E-state index contributed by atoms with van der Waals surface area (Å²) in [6.45, 7) is 3.02. The largest absolute Gasteiger partial charge is 0.388 e. The van der Waals surface area contributed by atoms with Crippen LogP contribution in [0.2, 0.25) is 0 Å². The number of halogens is 1. The van der Waals surface area contributed by atoms with E-state index < -0.39 is 6.10 Å². The molecule has 0 aromatic heterocycles. The molecule has 0 aliphatic carbocycles. The Morgan fingerprint density at radius 2 is 2.27 bits per heavy atom. The summed E-state index contributed by atoms with van der Waals surface area (Å²) in [5.41, 5.74) is 2.19. The molecule has 2 rings (SSSR count). The lowest BCUT2D eigenvalue weighted by Crippen LogP contribution is -2.31. The Kier molecular flexibility index (Phi) is 3.29. The number of rotatable bonds is 2. The van der Waals surface area contributed by atoms with E-state index in [1.54, 1.807) is 0 Å². The van der Waals surface area contributed by atoms with Crippen molar-refractivity contribution in [3.63, 3.8) is 0 Å². The van der Waals surface area contributed by atoms with Crippen LogP contribution in [0.4, 0.5) is 5.69 Å². The molecule has 2 unspecified atom stereocenters. The van der Waals surface area contributed by atoms with Crippen molar-refractivity contribution in [3.8, 4) is 0 Å². The maximum Gasteiger partial charge on any atom is 0.0996 e. The quantitative estimate of drug-likeness (QED) is 0.864. The molecular weight excluding hydrogens is 258 g/mol. The van der Waals surface area contributed by atoms with Crippen molar-refractivity contribution in [2.45, 2.75) is 19.1 Å². The van der Waals surface area contributed by atoms with Crippen LogP contribution < -0.4 is 5.32 Å². The zero-order chi connectivity index (χ0) is 10.8. The molecule has 1 aromatic rings. The second-order valence-corrected chi connectivity index (χ2v) is 4.69. The number of aliphatic hydroxyl groups is 1. The fraction of sp³-hybridized carbons (Fsp3) is 0.455. The molecule has 0 radical (unpaired) electrons. The van der Waals surface area contributed by atoms with Gasteiger partial charge in [-0.25, -0.2) is 0 Å². The highest BCUT2D eigenvalue weighted by Gasteiger charge is 2.26. The maximum absolute atomic E-state index is 9.61. The summed E-state index contributed by atoms with van der Waals surface area (Å²) in [4.78, 5) is 0. The monoisotopic (exact) mass is 271 g/mol. The van der Waals surface area contributed by atoms with Crippen molar-refractivity contribution in [2.24, 2.45) is 0 Å². The third-order valence-corrected chi connectivity index (χ3v) is 3.20. The van der Waals surface area contributed by atoms with Crippen LogP contribution >= 0.6 is 15.9 Å². The van der Waals surface area contributed by atoms with Crippen LogP contribution in [0.3, 0.4) is 0 Å². The molecule has 0 spiro atoms. The fourth-order valence-electron chi connectivity index (χ4n) is 1.63. The third-order valence-electron chi connectivity index (χ3n) is 2.51. The highest BCUT2D eigenvalue weighted by Crippen LogP contribution is 2.25. The van der Waals surface area contributed by atoms with Gasteiger partial charge in [-0.1, -0.05) is 6.07 Å². The van der Waals surface area contributed by atoms with Crippen LogP contribution in [-0.4, -0.2) is 30.5 Å². The number of hydrogen-bond donors (Lipinski definition) is 2. The van der Waals surface area contributed by atoms with Gasteiger partial charge >= 0.3 is 0 Å². The van der Waals surface area contributed by atoms with Gasteiger partial charge in [0.05, 0.1) is 25.4 Å². The minimum atomic E-state index is -0.419. The summed E-state index contributed by atoms with van der Waals surface area (Å²) in [7, 11) is 0. The molecule has 1 saturated heterocycles. The maximum atomic E-state index is 9.61. The van der Waals surface area contributed by atoms with Gasteiger partial charge in [-0.3, -0.25) is 0 Å². The molecule has 3 nitrogen and oxygen atoms in total. The molecule has 2 N–H and O–H groups in total. The highest BCUT2D eigenvalue weighted by atomic mass is 79.9. The van der Waals surface area contributed by atoms with E-state index in [9.17, 15) is 5.11 Å². The van der Waals surface area contributed by atoms with Gasteiger partial charge in [-0.15, -0.1) is 0 Å². The summed E-state index contributed by atoms with van der Waals surface area (Å²) in [6.07, 6.45) is -0.419. The second-order valence-electron chi connectivity index (χ2n) is 3.84. The van der Waals surface area contributed by atoms with E-state index in [1.165, 1.54) is 5.56 Å². The standard InChI is InChI=1S/C11H14BrNO2/c1-7-2-3-8(12)9(4-7)13-10-5-15-6-11(10)14/h2-4,10-11,13-14H,5-6H2,1H3. The first kappa shape index (κ1) is 10.9.